The van der Waals surface area contributed by atoms with Crippen LogP contribution in [0, 0.1) is 5.82 Å². The van der Waals surface area contributed by atoms with Gasteiger partial charge >= 0.3 is 0 Å². The van der Waals surface area contributed by atoms with E-state index >= 15 is 0 Å². The molecule has 0 spiro atoms. The second-order valence-electron chi connectivity index (χ2n) is 5.98. The Morgan fingerprint density at radius 3 is 2.31 bits per heavy atom. The molecule has 26 heavy (non-hydrogen) atoms. The van der Waals surface area contributed by atoms with Crippen molar-refractivity contribution in [2.75, 3.05) is 7.11 Å². The number of rotatable bonds is 5. The van der Waals surface area contributed by atoms with Crippen molar-refractivity contribution >= 4 is 5.91 Å². The average Bonchev–Trinajstić information content (AvgIpc) is 2.67. The number of pyridine rings is 1. The maximum absolute atomic E-state index is 13.3. The van der Waals surface area contributed by atoms with E-state index in [1.54, 1.807) is 30.6 Å². The van der Waals surface area contributed by atoms with Gasteiger partial charge in [0.1, 0.15) is 11.6 Å². The third-order valence-electron chi connectivity index (χ3n) is 4.46. The number of nitrogens with two attached hydrogens (primary N) is 1. The van der Waals surface area contributed by atoms with E-state index in [2.05, 4.69) is 4.98 Å². The van der Waals surface area contributed by atoms with Crippen molar-refractivity contribution in [3.8, 4) is 16.9 Å². The zero-order valence-electron chi connectivity index (χ0n) is 14.6. The van der Waals surface area contributed by atoms with Crippen LogP contribution >= 0.6 is 0 Å². The molecule has 0 saturated carbocycles. The Morgan fingerprint density at radius 1 is 1.08 bits per heavy atom. The van der Waals surface area contributed by atoms with Gasteiger partial charge in [0.2, 0.25) is 0 Å². The summed E-state index contributed by atoms with van der Waals surface area (Å²) >= 11 is 0. The maximum atomic E-state index is 13.3. The molecule has 1 aromatic heterocycles. The molecule has 2 aromatic carbocycles. The third-order valence-corrected chi connectivity index (χ3v) is 4.46. The van der Waals surface area contributed by atoms with E-state index in [9.17, 15) is 9.18 Å². The van der Waals surface area contributed by atoms with E-state index < -0.39 is 5.91 Å². The second-order valence-corrected chi connectivity index (χ2v) is 5.98. The molecule has 0 aliphatic rings. The monoisotopic (exact) mass is 350 g/mol. The molecule has 1 atom stereocenters. The lowest BCUT2D eigenvalue weighted by Crippen LogP contribution is -2.15. The summed E-state index contributed by atoms with van der Waals surface area (Å²) in [5, 5.41) is 0. The molecule has 0 bridgehead atoms. The normalized spacial score (nSPS) is 11.8. The van der Waals surface area contributed by atoms with Crippen molar-refractivity contribution in [2.45, 2.75) is 12.8 Å². The number of amides is 1. The van der Waals surface area contributed by atoms with Gasteiger partial charge in [-0.15, -0.1) is 0 Å². The molecule has 0 radical (unpaired) electrons. The summed E-state index contributed by atoms with van der Waals surface area (Å²) in [6, 6.07) is 13.6. The molecule has 3 aromatic rings. The zero-order chi connectivity index (χ0) is 18.7. The number of halogens is 1. The quantitative estimate of drug-likeness (QED) is 0.752. The van der Waals surface area contributed by atoms with Gasteiger partial charge in [-0.2, -0.15) is 0 Å². The van der Waals surface area contributed by atoms with E-state index in [4.69, 9.17) is 10.5 Å². The minimum atomic E-state index is -0.560. The van der Waals surface area contributed by atoms with Gasteiger partial charge in [-0.3, -0.25) is 9.78 Å². The number of carbonyl (C=O) groups is 1. The molecule has 0 saturated heterocycles. The Kier molecular flexibility index (Phi) is 4.98. The SMILES string of the molecule is COc1c(C(N)=O)ccc(-c2ccncc2)c1[C@@H](C)c1ccc(F)cc1. The van der Waals surface area contributed by atoms with E-state index in [1.807, 2.05) is 25.1 Å². The summed E-state index contributed by atoms with van der Waals surface area (Å²) in [6.45, 7) is 1.99. The van der Waals surface area contributed by atoms with Gasteiger partial charge in [-0.1, -0.05) is 25.1 Å². The molecule has 132 valence electrons. The van der Waals surface area contributed by atoms with E-state index in [1.165, 1.54) is 19.2 Å². The standard InChI is InChI=1S/C21H19FN2O2/c1-13(14-3-5-16(22)6-4-14)19-17(15-9-11-24-12-10-15)7-8-18(21(23)25)20(19)26-2/h3-13H,1-2H3,(H2,23,25)/t13-/m0/s1. The van der Waals surface area contributed by atoms with Crippen LogP contribution in [0.3, 0.4) is 0 Å². The molecular formula is C21H19FN2O2. The van der Waals surface area contributed by atoms with Crippen LogP contribution in [0.4, 0.5) is 4.39 Å². The Bertz CT molecular complexity index is 925. The fourth-order valence-electron chi connectivity index (χ4n) is 3.14. The predicted molar refractivity (Wildman–Crippen MR) is 98.7 cm³/mol. The lowest BCUT2D eigenvalue weighted by atomic mass is 9.85. The molecule has 2 N–H and O–H groups in total. The van der Waals surface area contributed by atoms with Gasteiger partial charge in [-0.25, -0.2) is 4.39 Å². The summed E-state index contributed by atoms with van der Waals surface area (Å²) in [5.74, 6) is -0.569. The first-order chi connectivity index (χ1) is 12.5. The predicted octanol–water partition coefficient (Wildman–Crippen LogP) is 4.15. The number of aromatic nitrogens is 1. The van der Waals surface area contributed by atoms with Crippen molar-refractivity contribution in [1.29, 1.82) is 0 Å². The number of hydrogen-bond acceptors (Lipinski definition) is 3. The van der Waals surface area contributed by atoms with E-state index in [-0.39, 0.29) is 11.7 Å². The Morgan fingerprint density at radius 2 is 1.73 bits per heavy atom. The largest absolute Gasteiger partial charge is 0.496 e. The number of carbonyl (C=O) groups excluding carboxylic acids is 1. The summed E-state index contributed by atoms with van der Waals surface area (Å²) in [6.07, 6.45) is 3.41. The van der Waals surface area contributed by atoms with Crippen LogP contribution in [-0.2, 0) is 0 Å². The molecule has 4 nitrogen and oxygen atoms in total. The van der Waals surface area contributed by atoms with Crippen LogP contribution in [0.15, 0.2) is 60.9 Å². The van der Waals surface area contributed by atoms with Crippen LogP contribution in [0.2, 0.25) is 0 Å². The minimum absolute atomic E-state index is 0.145. The lowest BCUT2D eigenvalue weighted by Gasteiger charge is -2.22. The van der Waals surface area contributed by atoms with Crippen molar-refractivity contribution in [2.24, 2.45) is 5.73 Å². The Balaban J connectivity index is 2.26. The number of benzene rings is 2. The van der Waals surface area contributed by atoms with Gasteiger partial charge in [-0.05, 0) is 47.0 Å². The molecule has 0 aliphatic heterocycles. The lowest BCUT2D eigenvalue weighted by molar-refractivity contribution is 0.0997. The maximum Gasteiger partial charge on any atom is 0.252 e. The molecule has 3 rings (SSSR count). The highest BCUT2D eigenvalue weighted by Gasteiger charge is 2.23. The van der Waals surface area contributed by atoms with Crippen LogP contribution in [0.5, 0.6) is 5.75 Å². The first-order valence-corrected chi connectivity index (χ1v) is 8.19. The van der Waals surface area contributed by atoms with Crippen LogP contribution in [0.25, 0.3) is 11.1 Å². The van der Waals surface area contributed by atoms with Gasteiger partial charge in [0.25, 0.3) is 5.91 Å². The Hall–Kier alpha value is -3.21. The highest BCUT2D eigenvalue weighted by Crippen LogP contribution is 2.41. The van der Waals surface area contributed by atoms with Crippen molar-refractivity contribution in [1.82, 2.24) is 4.98 Å². The van der Waals surface area contributed by atoms with Crippen LogP contribution in [0.1, 0.15) is 34.3 Å². The molecule has 0 unspecified atom stereocenters. The van der Waals surface area contributed by atoms with Crippen molar-refractivity contribution in [3.05, 3.63) is 83.4 Å². The van der Waals surface area contributed by atoms with E-state index in [0.29, 0.717) is 11.3 Å². The molecule has 0 aliphatic carbocycles. The van der Waals surface area contributed by atoms with Gasteiger partial charge in [0.05, 0.1) is 12.7 Å². The number of primary amides is 1. The molecule has 1 heterocycles. The number of hydrogen-bond donors (Lipinski definition) is 1. The fourth-order valence-corrected chi connectivity index (χ4v) is 3.14. The highest BCUT2D eigenvalue weighted by molar-refractivity contribution is 5.97. The Labute approximate surface area is 151 Å². The molecular weight excluding hydrogens is 331 g/mol. The number of nitrogens with zero attached hydrogens (tertiary/aromatic N) is 1. The smallest absolute Gasteiger partial charge is 0.252 e. The van der Waals surface area contributed by atoms with Gasteiger partial charge in [0.15, 0.2) is 0 Å². The molecule has 1 amide bonds. The fraction of sp³-hybridized carbons (Fsp3) is 0.143. The zero-order valence-corrected chi connectivity index (χ0v) is 14.6. The van der Waals surface area contributed by atoms with Crippen molar-refractivity contribution in [3.63, 3.8) is 0 Å². The van der Waals surface area contributed by atoms with Crippen LogP contribution in [-0.4, -0.2) is 18.0 Å². The number of methoxy groups -OCH3 is 1. The summed E-state index contributed by atoms with van der Waals surface area (Å²) in [7, 11) is 1.51. The topological polar surface area (TPSA) is 65.2 Å². The van der Waals surface area contributed by atoms with Crippen LogP contribution < -0.4 is 10.5 Å². The first kappa shape index (κ1) is 17.6. The highest BCUT2D eigenvalue weighted by atomic mass is 19.1. The summed E-state index contributed by atoms with van der Waals surface area (Å²) in [5.41, 5.74) is 9.42. The molecule has 5 heteroatoms. The third kappa shape index (κ3) is 3.28. The minimum Gasteiger partial charge on any atom is -0.496 e. The average molecular weight is 350 g/mol. The van der Waals surface area contributed by atoms with Gasteiger partial charge in [0, 0.05) is 23.9 Å². The second kappa shape index (κ2) is 7.35. The van der Waals surface area contributed by atoms with Crippen molar-refractivity contribution < 1.29 is 13.9 Å². The van der Waals surface area contributed by atoms with Gasteiger partial charge < -0.3 is 10.5 Å². The first-order valence-electron chi connectivity index (χ1n) is 8.19. The summed E-state index contributed by atoms with van der Waals surface area (Å²) in [4.78, 5) is 15.9. The number of ether oxygens (including phenoxy) is 1. The van der Waals surface area contributed by atoms with E-state index in [0.717, 1.165) is 22.3 Å². The summed E-state index contributed by atoms with van der Waals surface area (Å²) < 4.78 is 18.9. The molecule has 0 fully saturated rings.